The Morgan fingerprint density at radius 2 is 1.67 bits per heavy atom. The molecule has 3 aromatic rings. The Balaban J connectivity index is 1.49. The number of halogens is 1. The average molecular weight is 458 g/mol. The van der Waals surface area contributed by atoms with Crippen molar-refractivity contribution in [3.05, 3.63) is 101 Å². The van der Waals surface area contributed by atoms with Gasteiger partial charge in [0.15, 0.2) is 0 Å². The largest absolute Gasteiger partial charge is 0.397 e. The van der Waals surface area contributed by atoms with Crippen molar-refractivity contribution in [1.29, 1.82) is 0 Å². The van der Waals surface area contributed by atoms with Crippen molar-refractivity contribution < 1.29 is 9.59 Å². The van der Waals surface area contributed by atoms with Gasteiger partial charge in [0.05, 0.1) is 11.4 Å². The van der Waals surface area contributed by atoms with E-state index in [4.69, 9.17) is 17.3 Å². The Morgan fingerprint density at radius 3 is 2.36 bits per heavy atom. The fourth-order valence-electron chi connectivity index (χ4n) is 3.25. The molecule has 5 nitrogen and oxygen atoms in total. The maximum atomic E-state index is 12.8. The molecule has 1 saturated carbocycles. The quantitative estimate of drug-likeness (QED) is 0.252. The van der Waals surface area contributed by atoms with Crippen LogP contribution in [0, 0.1) is 0 Å². The molecule has 1 aliphatic rings. The number of benzene rings is 3. The van der Waals surface area contributed by atoms with Crippen molar-refractivity contribution in [1.82, 2.24) is 5.32 Å². The van der Waals surface area contributed by atoms with Gasteiger partial charge in [0.25, 0.3) is 5.91 Å². The van der Waals surface area contributed by atoms with Crippen LogP contribution in [0.3, 0.4) is 0 Å². The second-order valence-corrected chi connectivity index (χ2v) is 8.33. The van der Waals surface area contributed by atoms with Crippen molar-refractivity contribution in [2.75, 3.05) is 11.1 Å². The molecule has 33 heavy (non-hydrogen) atoms. The highest BCUT2D eigenvalue weighted by molar-refractivity contribution is 6.31. The molecule has 4 N–H and O–H groups in total. The van der Waals surface area contributed by atoms with Gasteiger partial charge in [-0.2, -0.15) is 0 Å². The number of rotatable bonds is 7. The van der Waals surface area contributed by atoms with Crippen LogP contribution in [0.4, 0.5) is 11.4 Å². The lowest BCUT2D eigenvalue weighted by Gasteiger charge is -2.10. The summed E-state index contributed by atoms with van der Waals surface area (Å²) in [6.45, 7) is 0. The van der Waals surface area contributed by atoms with E-state index in [1.807, 2.05) is 54.6 Å². The topological polar surface area (TPSA) is 84.2 Å². The first kappa shape index (κ1) is 22.4. The molecule has 3 aromatic carbocycles. The standard InChI is InChI=1S/C27H24ClN3O2/c28-21-5-3-4-20(17-21)23(27(33)30-22-13-14-22)16-19-10-8-18(9-11-19)12-15-26(32)31-25-7-2-1-6-24(25)29/h1-12,15-17,22H,13-14,29H2,(H,30,33)(H,31,32). The molecule has 0 radical (unpaired) electrons. The van der Waals surface area contributed by atoms with E-state index in [9.17, 15) is 9.59 Å². The summed E-state index contributed by atoms with van der Waals surface area (Å²) in [5.74, 6) is -0.377. The highest BCUT2D eigenvalue weighted by atomic mass is 35.5. The number of nitrogens with two attached hydrogens (primary N) is 1. The smallest absolute Gasteiger partial charge is 0.252 e. The molecule has 4 rings (SSSR count). The summed E-state index contributed by atoms with van der Waals surface area (Å²) < 4.78 is 0. The van der Waals surface area contributed by atoms with Crippen molar-refractivity contribution in [2.24, 2.45) is 0 Å². The van der Waals surface area contributed by atoms with Gasteiger partial charge in [-0.25, -0.2) is 0 Å². The third-order valence-corrected chi connectivity index (χ3v) is 5.42. The molecule has 0 saturated heterocycles. The van der Waals surface area contributed by atoms with Crippen LogP contribution in [-0.2, 0) is 9.59 Å². The number of nitrogen functional groups attached to an aromatic ring is 1. The van der Waals surface area contributed by atoms with E-state index in [-0.39, 0.29) is 17.9 Å². The molecule has 0 unspecified atom stereocenters. The minimum absolute atomic E-state index is 0.111. The second kappa shape index (κ2) is 10.2. The van der Waals surface area contributed by atoms with Crippen molar-refractivity contribution >= 4 is 52.5 Å². The number of nitrogens with one attached hydrogen (secondary N) is 2. The van der Waals surface area contributed by atoms with Crippen LogP contribution < -0.4 is 16.4 Å². The molecule has 2 amide bonds. The lowest BCUT2D eigenvalue weighted by molar-refractivity contribution is -0.115. The maximum Gasteiger partial charge on any atom is 0.252 e. The summed E-state index contributed by atoms with van der Waals surface area (Å²) in [6.07, 6.45) is 7.05. The van der Waals surface area contributed by atoms with E-state index in [1.165, 1.54) is 6.08 Å². The number of carbonyl (C=O) groups excluding carboxylic acids is 2. The van der Waals surface area contributed by atoms with Crippen LogP contribution in [0.15, 0.2) is 78.9 Å². The number of anilines is 2. The van der Waals surface area contributed by atoms with E-state index in [2.05, 4.69) is 10.6 Å². The summed E-state index contributed by atoms with van der Waals surface area (Å²) in [7, 11) is 0. The molecular weight excluding hydrogens is 434 g/mol. The molecule has 0 spiro atoms. The SMILES string of the molecule is Nc1ccccc1NC(=O)C=Cc1ccc(C=C(C(=O)NC2CC2)c2cccc(Cl)c2)cc1. The van der Waals surface area contributed by atoms with Crippen LogP contribution in [-0.4, -0.2) is 17.9 Å². The van der Waals surface area contributed by atoms with Crippen LogP contribution in [0.2, 0.25) is 5.02 Å². The zero-order chi connectivity index (χ0) is 23.2. The van der Waals surface area contributed by atoms with Gasteiger partial charge < -0.3 is 16.4 Å². The fraction of sp³-hybridized carbons (Fsp3) is 0.111. The molecule has 6 heteroatoms. The Morgan fingerprint density at radius 1 is 0.939 bits per heavy atom. The van der Waals surface area contributed by atoms with E-state index in [1.54, 1.807) is 30.3 Å². The molecule has 166 valence electrons. The van der Waals surface area contributed by atoms with Gasteiger partial charge in [-0.1, -0.05) is 60.1 Å². The number of hydrogen-bond donors (Lipinski definition) is 3. The minimum atomic E-state index is -0.267. The second-order valence-electron chi connectivity index (χ2n) is 7.89. The van der Waals surface area contributed by atoms with E-state index in [0.29, 0.717) is 22.0 Å². The predicted octanol–water partition coefficient (Wildman–Crippen LogP) is 5.39. The Kier molecular flexibility index (Phi) is 6.91. The lowest BCUT2D eigenvalue weighted by atomic mass is 10.0. The maximum absolute atomic E-state index is 12.8. The van der Waals surface area contributed by atoms with Crippen molar-refractivity contribution in [3.8, 4) is 0 Å². The van der Waals surface area contributed by atoms with Gasteiger partial charge in [0, 0.05) is 22.7 Å². The molecule has 0 aliphatic heterocycles. The number of carbonyl (C=O) groups is 2. The Hall–Kier alpha value is -3.83. The summed E-state index contributed by atoms with van der Waals surface area (Å²) >= 11 is 6.15. The van der Waals surface area contributed by atoms with E-state index < -0.39 is 0 Å². The monoisotopic (exact) mass is 457 g/mol. The molecule has 0 bridgehead atoms. The van der Waals surface area contributed by atoms with Crippen LogP contribution in [0.5, 0.6) is 0 Å². The van der Waals surface area contributed by atoms with Gasteiger partial charge in [-0.3, -0.25) is 9.59 Å². The van der Waals surface area contributed by atoms with Gasteiger partial charge in [0.1, 0.15) is 0 Å². The van der Waals surface area contributed by atoms with Crippen molar-refractivity contribution in [2.45, 2.75) is 18.9 Å². The third-order valence-electron chi connectivity index (χ3n) is 5.19. The van der Waals surface area contributed by atoms with Gasteiger partial charge in [-0.05, 0) is 65.9 Å². The first-order chi connectivity index (χ1) is 16.0. The molecule has 1 aliphatic carbocycles. The lowest BCUT2D eigenvalue weighted by Crippen LogP contribution is -2.26. The molecular formula is C27H24ClN3O2. The minimum Gasteiger partial charge on any atom is -0.397 e. The Bertz CT molecular complexity index is 1230. The highest BCUT2D eigenvalue weighted by Gasteiger charge is 2.25. The summed E-state index contributed by atoms with van der Waals surface area (Å²) in [4.78, 5) is 25.0. The normalized spacial score (nSPS) is 13.7. The fourth-order valence-corrected chi connectivity index (χ4v) is 3.44. The number of hydrogen-bond acceptors (Lipinski definition) is 3. The molecule has 0 aromatic heterocycles. The van der Waals surface area contributed by atoms with E-state index >= 15 is 0 Å². The number of para-hydroxylation sites is 2. The zero-order valence-electron chi connectivity index (χ0n) is 17.9. The van der Waals surface area contributed by atoms with Crippen LogP contribution in [0.1, 0.15) is 29.5 Å². The Labute approximate surface area is 198 Å². The molecule has 0 atom stereocenters. The predicted molar refractivity (Wildman–Crippen MR) is 135 cm³/mol. The van der Waals surface area contributed by atoms with Gasteiger partial charge in [0.2, 0.25) is 5.91 Å². The summed E-state index contributed by atoms with van der Waals surface area (Å²) in [6, 6.07) is 22.2. The van der Waals surface area contributed by atoms with Gasteiger partial charge in [-0.15, -0.1) is 0 Å². The first-order valence-corrected chi connectivity index (χ1v) is 11.1. The zero-order valence-corrected chi connectivity index (χ0v) is 18.7. The third kappa shape index (κ3) is 6.34. The summed E-state index contributed by atoms with van der Waals surface area (Å²) in [5, 5.41) is 6.38. The van der Waals surface area contributed by atoms with E-state index in [0.717, 1.165) is 29.5 Å². The number of amides is 2. The van der Waals surface area contributed by atoms with Gasteiger partial charge >= 0.3 is 0 Å². The molecule has 0 heterocycles. The molecule has 1 fully saturated rings. The van der Waals surface area contributed by atoms with Crippen molar-refractivity contribution in [3.63, 3.8) is 0 Å². The average Bonchev–Trinajstić information content (AvgIpc) is 3.62. The highest BCUT2D eigenvalue weighted by Crippen LogP contribution is 2.25. The summed E-state index contributed by atoms with van der Waals surface area (Å²) in [5.41, 5.74) is 9.99. The van der Waals surface area contributed by atoms with Crippen LogP contribution in [0.25, 0.3) is 17.7 Å². The first-order valence-electron chi connectivity index (χ1n) is 10.7. The van der Waals surface area contributed by atoms with Crippen LogP contribution >= 0.6 is 11.6 Å².